The van der Waals surface area contributed by atoms with Gasteiger partial charge in [0, 0.05) is 35.1 Å². The molecule has 0 unspecified atom stereocenters. The quantitative estimate of drug-likeness (QED) is 0.500. The van der Waals surface area contributed by atoms with Crippen LogP contribution in [-0.4, -0.2) is 15.9 Å². The van der Waals surface area contributed by atoms with Crippen LogP contribution in [-0.2, 0) is 11.2 Å². The van der Waals surface area contributed by atoms with Gasteiger partial charge in [-0.1, -0.05) is 18.2 Å². The molecule has 5 heteroatoms. The van der Waals surface area contributed by atoms with Crippen LogP contribution in [0.3, 0.4) is 0 Å². The van der Waals surface area contributed by atoms with Crippen molar-refractivity contribution in [3.8, 4) is 0 Å². The number of hydrogen-bond donors (Lipinski definition) is 2. The van der Waals surface area contributed by atoms with E-state index in [1.807, 2.05) is 36.5 Å². The van der Waals surface area contributed by atoms with Crippen molar-refractivity contribution in [2.24, 2.45) is 0 Å². The molecule has 2 aromatic carbocycles. The summed E-state index contributed by atoms with van der Waals surface area (Å²) in [6, 6.07) is 13.9. The van der Waals surface area contributed by atoms with Crippen molar-refractivity contribution < 1.29 is 9.21 Å². The summed E-state index contributed by atoms with van der Waals surface area (Å²) in [5, 5.41) is 4.21. The number of H-pyrrole nitrogens is 1. The zero-order valence-electron chi connectivity index (χ0n) is 15.0. The highest BCUT2D eigenvalue weighted by Crippen LogP contribution is 2.40. The summed E-state index contributed by atoms with van der Waals surface area (Å²) in [6.45, 7) is 0. The Hall–Kier alpha value is -3.08. The van der Waals surface area contributed by atoms with Crippen LogP contribution < -0.4 is 5.32 Å². The van der Waals surface area contributed by atoms with Crippen molar-refractivity contribution in [1.29, 1.82) is 0 Å². The van der Waals surface area contributed by atoms with Crippen LogP contribution in [0.15, 0.2) is 53.1 Å². The Bertz CT molecular complexity index is 1120. The fourth-order valence-corrected chi connectivity index (χ4v) is 3.53. The zero-order chi connectivity index (χ0) is 18.2. The molecule has 1 aliphatic carbocycles. The molecule has 1 fully saturated rings. The molecule has 0 saturated heterocycles. The van der Waals surface area contributed by atoms with Crippen LogP contribution in [0.4, 0.5) is 5.69 Å². The number of rotatable bonds is 6. The van der Waals surface area contributed by atoms with Gasteiger partial charge in [0.05, 0.1) is 0 Å². The molecule has 0 radical (unpaired) electrons. The number of carbonyl (C=O) groups is 1. The molecule has 136 valence electrons. The van der Waals surface area contributed by atoms with Crippen LogP contribution >= 0.6 is 0 Å². The molecule has 5 nitrogen and oxygen atoms in total. The Labute approximate surface area is 156 Å². The second-order valence-corrected chi connectivity index (χ2v) is 7.27. The molecule has 4 aromatic rings. The summed E-state index contributed by atoms with van der Waals surface area (Å²) in [5.41, 5.74) is 4.77. The SMILES string of the molecule is O=C(CCCc1c[nH]c2ccccc12)Nc1ccc2oc(C3CC3)nc2c1. The molecule has 1 aliphatic rings. The topological polar surface area (TPSA) is 70.9 Å². The van der Waals surface area contributed by atoms with E-state index in [9.17, 15) is 4.79 Å². The van der Waals surface area contributed by atoms with E-state index in [1.165, 1.54) is 10.9 Å². The summed E-state index contributed by atoms with van der Waals surface area (Å²) < 4.78 is 5.77. The van der Waals surface area contributed by atoms with Gasteiger partial charge in [-0.15, -0.1) is 0 Å². The normalized spacial score (nSPS) is 14.1. The first-order chi connectivity index (χ1) is 13.3. The van der Waals surface area contributed by atoms with E-state index in [2.05, 4.69) is 27.4 Å². The van der Waals surface area contributed by atoms with Crippen LogP contribution in [0.25, 0.3) is 22.0 Å². The van der Waals surface area contributed by atoms with Crippen molar-refractivity contribution in [2.45, 2.75) is 38.0 Å². The van der Waals surface area contributed by atoms with Crippen molar-refractivity contribution in [3.05, 3.63) is 60.1 Å². The molecular weight excluding hydrogens is 338 g/mol. The summed E-state index contributed by atoms with van der Waals surface area (Å²) >= 11 is 0. The molecular formula is C22H21N3O2. The number of anilines is 1. The first kappa shape index (κ1) is 16.1. The zero-order valence-corrected chi connectivity index (χ0v) is 15.0. The number of aromatic nitrogens is 2. The Balaban J connectivity index is 1.19. The number of oxazole rings is 1. The Morgan fingerprint density at radius 1 is 1.22 bits per heavy atom. The van der Waals surface area contributed by atoms with Crippen molar-refractivity contribution in [2.75, 3.05) is 5.32 Å². The molecule has 0 spiro atoms. The van der Waals surface area contributed by atoms with Gasteiger partial charge in [0.2, 0.25) is 5.91 Å². The summed E-state index contributed by atoms with van der Waals surface area (Å²) in [7, 11) is 0. The van der Waals surface area contributed by atoms with E-state index < -0.39 is 0 Å². The highest BCUT2D eigenvalue weighted by atomic mass is 16.3. The molecule has 0 atom stereocenters. The van der Waals surface area contributed by atoms with Crippen LogP contribution in [0, 0.1) is 0 Å². The monoisotopic (exact) mass is 359 g/mol. The standard InChI is InChI=1S/C22H21N3O2/c26-21(7-3-4-15-13-23-18-6-2-1-5-17(15)18)24-16-10-11-20-19(12-16)25-22(27-20)14-8-9-14/h1-2,5-6,10-14,23H,3-4,7-9H2,(H,24,26). The minimum absolute atomic E-state index is 0.0279. The lowest BCUT2D eigenvalue weighted by atomic mass is 10.1. The molecule has 2 heterocycles. The average Bonchev–Trinajstić information content (AvgIpc) is 3.32. The lowest BCUT2D eigenvalue weighted by Crippen LogP contribution is -2.11. The highest BCUT2D eigenvalue weighted by molar-refractivity contribution is 5.92. The second-order valence-electron chi connectivity index (χ2n) is 7.27. The molecule has 27 heavy (non-hydrogen) atoms. The summed E-state index contributed by atoms with van der Waals surface area (Å²) in [6.07, 6.45) is 6.54. The van der Waals surface area contributed by atoms with E-state index in [-0.39, 0.29) is 5.91 Å². The maximum Gasteiger partial charge on any atom is 0.224 e. The first-order valence-electron chi connectivity index (χ1n) is 9.51. The number of hydrogen-bond acceptors (Lipinski definition) is 3. The van der Waals surface area contributed by atoms with E-state index in [4.69, 9.17) is 4.42 Å². The maximum absolute atomic E-state index is 12.3. The number of nitrogens with one attached hydrogen (secondary N) is 2. The number of fused-ring (bicyclic) bond motifs is 2. The summed E-state index contributed by atoms with van der Waals surface area (Å²) in [4.78, 5) is 20.1. The lowest BCUT2D eigenvalue weighted by molar-refractivity contribution is -0.116. The Kier molecular flexibility index (Phi) is 3.93. The number of aryl methyl sites for hydroxylation is 1. The molecule has 2 aromatic heterocycles. The molecule has 0 aliphatic heterocycles. The van der Waals surface area contributed by atoms with Gasteiger partial charge in [0.1, 0.15) is 5.52 Å². The first-order valence-corrected chi connectivity index (χ1v) is 9.51. The highest BCUT2D eigenvalue weighted by Gasteiger charge is 2.28. The predicted octanol–water partition coefficient (Wildman–Crippen LogP) is 5.15. The maximum atomic E-state index is 12.3. The van der Waals surface area contributed by atoms with Gasteiger partial charge >= 0.3 is 0 Å². The van der Waals surface area contributed by atoms with Gasteiger partial charge in [-0.25, -0.2) is 4.98 Å². The number of aromatic amines is 1. The third kappa shape index (κ3) is 3.33. The number of amides is 1. The smallest absolute Gasteiger partial charge is 0.224 e. The molecule has 5 rings (SSSR count). The molecule has 1 amide bonds. The van der Waals surface area contributed by atoms with E-state index in [1.54, 1.807) is 0 Å². The van der Waals surface area contributed by atoms with Gasteiger partial charge in [-0.3, -0.25) is 4.79 Å². The van der Waals surface area contributed by atoms with E-state index in [0.29, 0.717) is 12.3 Å². The molecule has 0 bridgehead atoms. The number of nitrogens with zero attached hydrogens (tertiary/aromatic N) is 1. The lowest BCUT2D eigenvalue weighted by Gasteiger charge is -2.05. The summed E-state index contributed by atoms with van der Waals surface area (Å²) in [5.74, 6) is 1.34. The fourth-order valence-electron chi connectivity index (χ4n) is 3.53. The number of para-hydroxylation sites is 1. The van der Waals surface area contributed by atoms with Crippen molar-refractivity contribution in [1.82, 2.24) is 9.97 Å². The van der Waals surface area contributed by atoms with E-state index in [0.717, 1.165) is 53.9 Å². The van der Waals surface area contributed by atoms with Gasteiger partial charge < -0.3 is 14.7 Å². The van der Waals surface area contributed by atoms with Gasteiger partial charge in [-0.2, -0.15) is 0 Å². The van der Waals surface area contributed by atoms with Crippen molar-refractivity contribution >= 4 is 33.6 Å². The Morgan fingerprint density at radius 3 is 3.00 bits per heavy atom. The van der Waals surface area contributed by atoms with E-state index >= 15 is 0 Å². The van der Waals surface area contributed by atoms with Crippen LogP contribution in [0.1, 0.15) is 43.1 Å². The van der Waals surface area contributed by atoms with Crippen LogP contribution in [0.2, 0.25) is 0 Å². The molecule has 1 saturated carbocycles. The van der Waals surface area contributed by atoms with Gasteiger partial charge in [0.15, 0.2) is 11.5 Å². The Morgan fingerprint density at radius 2 is 2.11 bits per heavy atom. The largest absolute Gasteiger partial charge is 0.440 e. The van der Waals surface area contributed by atoms with Crippen LogP contribution in [0.5, 0.6) is 0 Å². The number of carbonyl (C=O) groups excluding carboxylic acids is 1. The van der Waals surface area contributed by atoms with Crippen molar-refractivity contribution in [3.63, 3.8) is 0 Å². The average molecular weight is 359 g/mol. The number of benzene rings is 2. The molecule has 2 N–H and O–H groups in total. The van der Waals surface area contributed by atoms with Gasteiger partial charge in [-0.05, 0) is 55.5 Å². The third-order valence-corrected chi connectivity index (χ3v) is 5.14. The minimum atomic E-state index is 0.0279. The third-order valence-electron chi connectivity index (χ3n) is 5.14. The minimum Gasteiger partial charge on any atom is -0.440 e. The van der Waals surface area contributed by atoms with Gasteiger partial charge in [0.25, 0.3) is 0 Å². The second kappa shape index (κ2) is 6.58. The fraction of sp³-hybridized carbons (Fsp3) is 0.273. The predicted molar refractivity (Wildman–Crippen MR) is 106 cm³/mol.